The summed E-state index contributed by atoms with van der Waals surface area (Å²) in [5.74, 6) is -0.941. The van der Waals surface area contributed by atoms with E-state index in [0.717, 1.165) is 11.8 Å². The first-order valence-corrected chi connectivity index (χ1v) is 5.91. The fraction of sp³-hybridized carbons (Fsp3) is 0.182. The molecule has 1 aromatic heterocycles. The first-order valence-electron chi connectivity index (χ1n) is 5.09. The second-order valence-corrected chi connectivity index (χ2v) is 4.65. The molecular formula is C11H10FN3O2S. The lowest BCUT2D eigenvalue weighted by Crippen LogP contribution is -2.13. The number of nitrogens with one attached hydrogen (secondary N) is 1. The summed E-state index contributed by atoms with van der Waals surface area (Å²) in [6, 6.07) is 4.35. The van der Waals surface area contributed by atoms with Crippen molar-refractivity contribution in [1.29, 1.82) is 0 Å². The summed E-state index contributed by atoms with van der Waals surface area (Å²) < 4.78 is 14.9. The van der Waals surface area contributed by atoms with Gasteiger partial charge in [0.15, 0.2) is 10.9 Å². The van der Waals surface area contributed by atoms with E-state index >= 15 is 0 Å². The van der Waals surface area contributed by atoms with Gasteiger partial charge in [-0.05, 0) is 30.8 Å². The number of halogens is 1. The molecule has 7 heteroatoms. The van der Waals surface area contributed by atoms with Gasteiger partial charge in [-0.15, -0.1) is 5.10 Å². The highest BCUT2D eigenvalue weighted by atomic mass is 32.2. The Bertz CT molecular complexity index is 663. The van der Waals surface area contributed by atoms with Crippen molar-refractivity contribution in [2.75, 3.05) is 0 Å². The van der Waals surface area contributed by atoms with Crippen molar-refractivity contribution in [3.05, 3.63) is 40.1 Å². The third-order valence-corrected chi connectivity index (χ3v) is 3.48. The largest absolute Gasteiger partial charge is 0.343 e. The molecule has 0 amide bonds. The van der Waals surface area contributed by atoms with Gasteiger partial charge in [0.2, 0.25) is 0 Å². The Labute approximate surface area is 106 Å². The van der Waals surface area contributed by atoms with E-state index in [2.05, 4.69) is 10.2 Å². The van der Waals surface area contributed by atoms with Gasteiger partial charge in [0.1, 0.15) is 5.82 Å². The molecule has 0 spiro atoms. The number of carbonyl (C=O) groups excluding carboxylic acids is 1. The van der Waals surface area contributed by atoms with Crippen LogP contribution in [0.25, 0.3) is 0 Å². The van der Waals surface area contributed by atoms with Crippen LogP contribution in [0.2, 0.25) is 0 Å². The fourth-order valence-electron chi connectivity index (χ4n) is 1.45. The van der Waals surface area contributed by atoms with Crippen LogP contribution in [-0.4, -0.2) is 20.5 Å². The average Bonchev–Trinajstić information content (AvgIpc) is 2.60. The maximum atomic E-state index is 13.6. The molecule has 2 rings (SSSR count). The number of rotatable bonds is 3. The van der Waals surface area contributed by atoms with Crippen LogP contribution in [0.5, 0.6) is 0 Å². The smallest absolute Gasteiger partial charge is 0.294 e. The van der Waals surface area contributed by atoms with Crippen molar-refractivity contribution >= 4 is 17.5 Å². The molecule has 0 unspecified atom stereocenters. The maximum Gasteiger partial charge on any atom is 0.343 e. The molecule has 0 aliphatic rings. The van der Waals surface area contributed by atoms with E-state index in [9.17, 15) is 14.0 Å². The minimum atomic E-state index is -0.576. The molecule has 0 bridgehead atoms. The predicted molar refractivity (Wildman–Crippen MR) is 64.4 cm³/mol. The topological polar surface area (TPSA) is 67.8 Å². The Balaban J connectivity index is 2.47. The first-order chi connectivity index (χ1) is 8.50. The maximum absolute atomic E-state index is 13.6. The summed E-state index contributed by atoms with van der Waals surface area (Å²) >= 11 is 1.06. The zero-order chi connectivity index (χ0) is 13.3. The molecule has 0 fully saturated rings. The molecule has 0 atom stereocenters. The van der Waals surface area contributed by atoms with Gasteiger partial charge in [-0.3, -0.25) is 9.36 Å². The second kappa shape index (κ2) is 4.77. The number of aromatic amines is 1. The lowest BCUT2D eigenvalue weighted by Gasteiger charge is -2.06. The molecule has 0 saturated carbocycles. The molecule has 5 nitrogen and oxygen atoms in total. The van der Waals surface area contributed by atoms with Gasteiger partial charge in [0, 0.05) is 11.9 Å². The zero-order valence-corrected chi connectivity index (χ0v) is 10.5. The van der Waals surface area contributed by atoms with Crippen LogP contribution >= 0.6 is 11.8 Å². The summed E-state index contributed by atoms with van der Waals surface area (Å²) in [4.78, 5) is 23.1. The van der Waals surface area contributed by atoms with Crippen LogP contribution in [0.1, 0.15) is 17.3 Å². The number of benzene rings is 1. The van der Waals surface area contributed by atoms with Gasteiger partial charge in [-0.1, -0.05) is 6.07 Å². The lowest BCUT2D eigenvalue weighted by atomic mass is 10.1. The van der Waals surface area contributed by atoms with Crippen LogP contribution in [0.3, 0.4) is 0 Å². The highest BCUT2D eigenvalue weighted by molar-refractivity contribution is 7.99. The molecule has 94 valence electrons. The normalized spacial score (nSPS) is 10.6. The number of Topliss-reactive ketones (excluding diaryl/α,β-unsaturated/α-hetero) is 1. The van der Waals surface area contributed by atoms with Gasteiger partial charge < -0.3 is 0 Å². The summed E-state index contributed by atoms with van der Waals surface area (Å²) in [6.45, 7) is 1.30. The Kier molecular flexibility index (Phi) is 3.33. The predicted octanol–water partition coefficient (Wildman–Crippen LogP) is 1.60. The molecule has 0 aliphatic carbocycles. The van der Waals surface area contributed by atoms with Crippen molar-refractivity contribution in [2.24, 2.45) is 7.05 Å². The molecular weight excluding hydrogens is 257 g/mol. The number of aromatic nitrogens is 3. The third kappa shape index (κ3) is 2.21. The van der Waals surface area contributed by atoms with E-state index in [1.165, 1.54) is 23.6 Å². The number of hydrogen-bond acceptors (Lipinski definition) is 4. The Morgan fingerprint density at radius 3 is 2.78 bits per heavy atom. The summed E-state index contributed by atoms with van der Waals surface area (Å²) in [5.41, 5.74) is -0.351. The Morgan fingerprint density at radius 2 is 2.22 bits per heavy atom. The Hall–Kier alpha value is -1.89. The minimum absolute atomic E-state index is 0.0120. The summed E-state index contributed by atoms with van der Waals surface area (Å²) in [7, 11) is 1.54. The van der Waals surface area contributed by atoms with E-state index in [1.54, 1.807) is 13.1 Å². The van der Waals surface area contributed by atoms with Crippen LogP contribution in [0.4, 0.5) is 4.39 Å². The number of ketones is 1. The first kappa shape index (κ1) is 12.6. The van der Waals surface area contributed by atoms with Crippen LogP contribution in [-0.2, 0) is 7.05 Å². The summed E-state index contributed by atoms with van der Waals surface area (Å²) in [5, 5.41) is 6.44. The van der Waals surface area contributed by atoms with Gasteiger partial charge in [0.05, 0.1) is 5.56 Å². The quantitative estimate of drug-likeness (QED) is 0.858. The van der Waals surface area contributed by atoms with Crippen molar-refractivity contribution in [3.63, 3.8) is 0 Å². The van der Waals surface area contributed by atoms with Crippen LogP contribution < -0.4 is 5.69 Å². The SMILES string of the molecule is CC(=O)c1c(F)cccc1Sc1n[nH]c(=O)n1C. The van der Waals surface area contributed by atoms with Gasteiger partial charge >= 0.3 is 5.69 Å². The third-order valence-electron chi connectivity index (χ3n) is 2.37. The number of hydrogen-bond donors (Lipinski definition) is 1. The fourth-order valence-corrected chi connectivity index (χ4v) is 2.45. The van der Waals surface area contributed by atoms with E-state index in [0.29, 0.717) is 10.1 Å². The monoisotopic (exact) mass is 267 g/mol. The molecule has 1 heterocycles. The minimum Gasteiger partial charge on any atom is -0.294 e. The van der Waals surface area contributed by atoms with Crippen molar-refractivity contribution in [3.8, 4) is 0 Å². The van der Waals surface area contributed by atoms with Gasteiger partial charge in [-0.25, -0.2) is 14.3 Å². The molecule has 1 aromatic carbocycles. The van der Waals surface area contributed by atoms with Gasteiger partial charge in [-0.2, -0.15) is 0 Å². The summed E-state index contributed by atoms with van der Waals surface area (Å²) in [6.07, 6.45) is 0. The second-order valence-electron chi connectivity index (χ2n) is 3.64. The molecule has 0 radical (unpaired) electrons. The molecule has 18 heavy (non-hydrogen) atoms. The number of nitrogens with zero attached hydrogens (tertiary/aromatic N) is 2. The van der Waals surface area contributed by atoms with E-state index < -0.39 is 5.82 Å². The Morgan fingerprint density at radius 1 is 1.50 bits per heavy atom. The highest BCUT2D eigenvalue weighted by Gasteiger charge is 2.16. The van der Waals surface area contributed by atoms with Crippen molar-refractivity contribution < 1.29 is 9.18 Å². The average molecular weight is 267 g/mol. The lowest BCUT2D eigenvalue weighted by molar-refractivity contribution is 0.101. The number of carbonyl (C=O) groups is 1. The highest BCUT2D eigenvalue weighted by Crippen LogP contribution is 2.29. The van der Waals surface area contributed by atoms with E-state index in [4.69, 9.17) is 0 Å². The zero-order valence-electron chi connectivity index (χ0n) is 9.73. The van der Waals surface area contributed by atoms with Crippen molar-refractivity contribution in [2.45, 2.75) is 17.0 Å². The van der Waals surface area contributed by atoms with E-state index in [-0.39, 0.29) is 17.0 Å². The van der Waals surface area contributed by atoms with Crippen molar-refractivity contribution in [1.82, 2.24) is 14.8 Å². The van der Waals surface area contributed by atoms with Crippen LogP contribution in [0, 0.1) is 5.82 Å². The molecule has 2 aromatic rings. The molecule has 0 saturated heterocycles. The van der Waals surface area contributed by atoms with Crippen LogP contribution in [0.15, 0.2) is 33.0 Å². The standard InChI is InChI=1S/C11H10FN3O2S/c1-6(16)9-7(12)4-3-5-8(9)18-11-14-13-10(17)15(11)2/h3-5H,1-2H3,(H,13,17). The number of H-pyrrole nitrogens is 1. The molecule has 1 N–H and O–H groups in total. The molecule has 0 aliphatic heterocycles. The van der Waals surface area contributed by atoms with E-state index in [1.807, 2.05) is 0 Å². The van der Waals surface area contributed by atoms with Gasteiger partial charge in [0.25, 0.3) is 0 Å².